The molecule has 2 amide bonds. The highest BCUT2D eigenvalue weighted by Gasteiger charge is 2.33. The van der Waals surface area contributed by atoms with Crippen molar-refractivity contribution < 1.29 is 14.3 Å². The topological polar surface area (TPSA) is 73.9 Å². The smallest absolute Gasteiger partial charge is 0.253 e. The maximum absolute atomic E-state index is 12.4. The molecule has 7 nitrogen and oxygen atoms in total. The van der Waals surface area contributed by atoms with Crippen molar-refractivity contribution in [3.05, 3.63) is 0 Å². The number of halogens is 2. The molecule has 1 aliphatic carbocycles. The van der Waals surface area contributed by atoms with Crippen molar-refractivity contribution in [2.45, 2.75) is 38.0 Å². The number of amides is 2. The largest absolute Gasteiger partial charge is 0.366 e. The van der Waals surface area contributed by atoms with Gasteiger partial charge in [-0.15, -0.1) is 24.8 Å². The number of rotatable bonds is 4. The fourth-order valence-electron chi connectivity index (χ4n) is 2.97. The molecule has 24 heavy (non-hydrogen) atoms. The standard InChI is InChI=1S/C15H26N4O3.2ClH/c1-11(14(20)17-12-2-3-12)18-5-7-19(8-6-18)15(21)13-10-16-4-9-22-13;;/h11-13,16H,2-10H2,1H3,(H,17,20);2*1H. The van der Waals surface area contributed by atoms with E-state index >= 15 is 0 Å². The molecule has 0 aromatic carbocycles. The minimum Gasteiger partial charge on any atom is -0.366 e. The van der Waals surface area contributed by atoms with Crippen molar-refractivity contribution in [2.24, 2.45) is 0 Å². The molecular formula is C15H28Cl2N4O3. The van der Waals surface area contributed by atoms with Crippen LogP contribution in [-0.2, 0) is 14.3 Å². The summed E-state index contributed by atoms with van der Waals surface area (Å²) >= 11 is 0. The molecule has 9 heteroatoms. The summed E-state index contributed by atoms with van der Waals surface area (Å²) in [6, 6.07) is 0.277. The summed E-state index contributed by atoms with van der Waals surface area (Å²) in [5, 5.41) is 6.23. The molecule has 0 bridgehead atoms. The third-order valence-corrected chi connectivity index (χ3v) is 4.68. The van der Waals surface area contributed by atoms with Crippen molar-refractivity contribution in [2.75, 3.05) is 45.9 Å². The van der Waals surface area contributed by atoms with Crippen LogP contribution in [0.15, 0.2) is 0 Å². The number of ether oxygens (including phenoxy) is 1. The van der Waals surface area contributed by atoms with E-state index in [0.717, 1.165) is 32.5 Å². The number of carbonyl (C=O) groups is 2. The van der Waals surface area contributed by atoms with Gasteiger partial charge in [0.1, 0.15) is 6.10 Å². The predicted octanol–water partition coefficient (Wildman–Crippen LogP) is -0.370. The van der Waals surface area contributed by atoms with Gasteiger partial charge in [0, 0.05) is 45.3 Å². The first kappa shape index (κ1) is 21.4. The van der Waals surface area contributed by atoms with E-state index in [2.05, 4.69) is 15.5 Å². The van der Waals surface area contributed by atoms with Crippen LogP contribution in [0.3, 0.4) is 0 Å². The lowest BCUT2D eigenvalue weighted by Crippen LogP contribution is -2.58. The lowest BCUT2D eigenvalue weighted by atomic mass is 10.2. The number of carbonyl (C=O) groups excluding carboxylic acids is 2. The molecule has 0 radical (unpaired) electrons. The summed E-state index contributed by atoms with van der Waals surface area (Å²) in [5.41, 5.74) is 0. The predicted molar refractivity (Wildman–Crippen MR) is 95.9 cm³/mol. The summed E-state index contributed by atoms with van der Waals surface area (Å²) in [7, 11) is 0. The van der Waals surface area contributed by atoms with Crippen molar-refractivity contribution in [1.82, 2.24) is 20.4 Å². The molecule has 3 rings (SSSR count). The average molecular weight is 383 g/mol. The SMILES string of the molecule is CC(C(=O)NC1CC1)N1CCN(C(=O)C2CNCCO2)CC1.Cl.Cl. The Hall–Kier alpha value is -0.600. The summed E-state index contributed by atoms with van der Waals surface area (Å²) in [6.45, 7) is 6.76. The monoisotopic (exact) mass is 382 g/mol. The van der Waals surface area contributed by atoms with E-state index in [1.54, 1.807) is 0 Å². The van der Waals surface area contributed by atoms with Gasteiger partial charge < -0.3 is 20.3 Å². The van der Waals surface area contributed by atoms with E-state index in [0.29, 0.717) is 32.3 Å². The van der Waals surface area contributed by atoms with Gasteiger partial charge in [-0.25, -0.2) is 0 Å². The van der Waals surface area contributed by atoms with E-state index in [9.17, 15) is 9.59 Å². The Bertz CT molecular complexity index is 423. The number of hydrogen-bond donors (Lipinski definition) is 2. The minimum atomic E-state index is -0.351. The quantitative estimate of drug-likeness (QED) is 0.693. The molecule has 0 aromatic heterocycles. The molecule has 2 unspecified atom stereocenters. The van der Waals surface area contributed by atoms with Gasteiger partial charge in [-0.2, -0.15) is 0 Å². The third-order valence-electron chi connectivity index (χ3n) is 4.68. The molecule has 2 saturated heterocycles. The first-order chi connectivity index (χ1) is 10.6. The van der Waals surface area contributed by atoms with E-state index in [-0.39, 0.29) is 48.8 Å². The zero-order valence-electron chi connectivity index (χ0n) is 14.0. The van der Waals surface area contributed by atoms with Gasteiger partial charge in [0.05, 0.1) is 12.6 Å². The van der Waals surface area contributed by atoms with Crippen molar-refractivity contribution in [1.29, 1.82) is 0 Å². The molecule has 2 atom stereocenters. The molecule has 140 valence electrons. The number of nitrogens with zero attached hydrogens (tertiary/aromatic N) is 2. The van der Waals surface area contributed by atoms with Crippen LogP contribution in [0.2, 0.25) is 0 Å². The highest BCUT2D eigenvalue weighted by molar-refractivity contribution is 5.85. The molecule has 2 heterocycles. The van der Waals surface area contributed by atoms with Gasteiger partial charge >= 0.3 is 0 Å². The molecule has 1 saturated carbocycles. The summed E-state index contributed by atoms with van der Waals surface area (Å²) in [6.07, 6.45) is 1.86. The zero-order chi connectivity index (χ0) is 15.5. The van der Waals surface area contributed by atoms with E-state index in [4.69, 9.17) is 4.74 Å². The van der Waals surface area contributed by atoms with Gasteiger partial charge in [-0.05, 0) is 19.8 Å². The second-order valence-electron chi connectivity index (χ2n) is 6.38. The fraction of sp³-hybridized carbons (Fsp3) is 0.867. The van der Waals surface area contributed by atoms with Crippen LogP contribution in [0, 0.1) is 0 Å². The van der Waals surface area contributed by atoms with Crippen LogP contribution < -0.4 is 10.6 Å². The van der Waals surface area contributed by atoms with Crippen LogP contribution in [0.25, 0.3) is 0 Å². The Morgan fingerprint density at radius 3 is 2.38 bits per heavy atom. The normalized spacial score (nSPS) is 25.9. The van der Waals surface area contributed by atoms with Crippen LogP contribution in [0.4, 0.5) is 0 Å². The minimum absolute atomic E-state index is 0. The second-order valence-corrected chi connectivity index (χ2v) is 6.38. The molecule has 3 aliphatic rings. The maximum atomic E-state index is 12.4. The van der Waals surface area contributed by atoms with Crippen molar-refractivity contribution in [3.8, 4) is 0 Å². The van der Waals surface area contributed by atoms with Crippen LogP contribution in [0.1, 0.15) is 19.8 Å². The molecule has 0 aromatic rings. The molecule has 0 spiro atoms. The van der Waals surface area contributed by atoms with E-state index < -0.39 is 0 Å². The number of morpholine rings is 1. The highest BCUT2D eigenvalue weighted by atomic mass is 35.5. The van der Waals surface area contributed by atoms with Gasteiger partial charge in [0.2, 0.25) is 5.91 Å². The Labute approximate surface area is 155 Å². The summed E-state index contributed by atoms with van der Waals surface area (Å²) < 4.78 is 5.52. The summed E-state index contributed by atoms with van der Waals surface area (Å²) in [4.78, 5) is 28.5. The maximum Gasteiger partial charge on any atom is 0.253 e. The highest BCUT2D eigenvalue weighted by Crippen LogP contribution is 2.19. The molecule has 2 aliphatic heterocycles. The van der Waals surface area contributed by atoms with E-state index in [1.165, 1.54) is 0 Å². The number of nitrogens with one attached hydrogen (secondary N) is 2. The van der Waals surface area contributed by atoms with Crippen molar-refractivity contribution in [3.63, 3.8) is 0 Å². The molecule has 2 N–H and O–H groups in total. The summed E-state index contributed by atoms with van der Waals surface area (Å²) in [5.74, 6) is 0.184. The molecule has 3 fully saturated rings. The Morgan fingerprint density at radius 1 is 1.17 bits per heavy atom. The van der Waals surface area contributed by atoms with Gasteiger partial charge in [0.15, 0.2) is 0 Å². The van der Waals surface area contributed by atoms with E-state index in [1.807, 2.05) is 11.8 Å². The van der Waals surface area contributed by atoms with Gasteiger partial charge in [-0.3, -0.25) is 14.5 Å². The van der Waals surface area contributed by atoms with Crippen LogP contribution >= 0.6 is 24.8 Å². The zero-order valence-corrected chi connectivity index (χ0v) is 15.7. The third kappa shape index (κ3) is 5.46. The Balaban J connectivity index is 0.00000144. The Kier molecular flexibility index (Phi) is 8.73. The first-order valence-corrected chi connectivity index (χ1v) is 8.30. The number of piperazine rings is 1. The van der Waals surface area contributed by atoms with Gasteiger partial charge in [0.25, 0.3) is 5.91 Å². The first-order valence-electron chi connectivity index (χ1n) is 8.30. The lowest BCUT2D eigenvalue weighted by Gasteiger charge is -2.39. The Morgan fingerprint density at radius 2 is 1.83 bits per heavy atom. The average Bonchev–Trinajstić information content (AvgIpc) is 3.38. The molecular weight excluding hydrogens is 355 g/mol. The second kappa shape index (κ2) is 9.77. The van der Waals surface area contributed by atoms with Crippen LogP contribution in [0.5, 0.6) is 0 Å². The van der Waals surface area contributed by atoms with Gasteiger partial charge in [-0.1, -0.05) is 0 Å². The fourth-order valence-corrected chi connectivity index (χ4v) is 2.97. The number of hydrogen-bond acceptors (Lipinski definition) is 5. The lowest BCUT2D eigenvalue weighted by molar-refractivity contribution is -0.147. The van der Waals surface area contributed by atoms with Crippen LogP contribution in [-0.4, -0.2) is 85.7 Å². The van der Waals surface area contributed by atoms with Crippen molar-refractivity contribution >= 4 is 36.6 Å².